The minimum atomic E-state index is -0.0617. The van der Waals surface area contributed by atoms with Crippen molar-refractivity contribution in [3.05, 3.63) is 29.9 Å². The van der Waals surface area contributed by atoms with Gasteiger partial charge >= 0.3 is 0 Å². The Morgan fingerprint density at radius 3 is 2.20 bits per heavy atom. The first-order valence-corrected chi connectivity index (χ1v) is 7.07. The van der Waals surface area contributed by atoms with Crippen LogP contribution in [0.25, 0.3) is 11.0 Å². The standard InChI is InChI=1S/C15H20N4O/c1-17-12-7-3-4-8-13(12)18(2)15(17)16-14(20)11-19-9-5-6-10-19/h3-4,7-8H,5-6,9-11H2,1-2H3. The summed E-state index contributed by atoms with van der Waals surface area (Å²) in [5, 5.41) is 0. The molecular weight excluding hydrogens is 252 g/mol. The molecule has 1 saturated heterocycles. The monoisotopic (exact) mass is 272 g/mol. The van der Waals surface area contributed by atoms with Gasteiger partial charge in [0.05, 0.1) is 17.6 Å². The molecule has 5 heteroatoms. The molecule has 1 aromatic heterocycles. The van der Waals surface area contributed by atoms with E-state index in [1.54, 1.807) is 0 Å². The van der Waals surface area contributed by atoms with E-state index in [4.69, 9.17) is 0 Å². The molecule has 3 rings (SSSR count). The van der Waals surface area contributed by atoms with Gasteiger partial charge in [-0.1, -0.05) is 12.1 Å². The molecule has 1 aliphatic heterocycles. The van der Waals surface area contributed by atoms with E-state index in [1.807, 2.05) is 47.5 Å². The fourth-order valence-corrected chi connectivity index (χ4v) is 2.90. The summed E-state index contributed by atoms with van der Waals surface area (Å²) >= 11 is 0. The summed E-state index contributed by atoms with van der Waals surface area (Å²) in [4.78, 5) is 18.6. The van der Waals surface area contributed by atoms with Crippen LogP contribution in [0.15, 0.2) is 29.3 Å². The average molecular weight is 272 g/mol. The molecule has 0 N–H and O–H groups in total. The number of carbonyl (C=O) groups excluding carboxylic acids is 1. The third-order valence-corrected chi connectivity index (χ3v) is 3.99. The third-order valence-electron chi connectivity index (χ3n) is 3.99. The zero-order valence-corrected chi connectivity index (χ0v) is 12.0. The lowest BCUT2D eigenvalue weighted by Gasteiger charge is -2.10. The van der Waals surface area contributed by atoms with Crippen LogP contribution >= 0.6 is 0 Å². The molecule has 0 atom stereocenters. The molecule has 0 spiro atoms. The molecule has 0 radical (unpaired) electrons. The van der Waals surface area contributed by atoms with Gasteiger partial charge in [-0.2, -0.15) is 4.99 Å². The summed E-state index contributed by atoms with van der Waals surface area (Å²) < 4.78 is 3.94. The summed E-state index contributed by atoms with van der Waals surface area (Å²) in [6, 6.07) is 8.08. The molecule has 0 unspecified atom stereocenters. The van der Waals surface area contributed by atoms with Gasteiger partial charge in [0.1, 0.15) is 0 Å². The lowest BCUT2D eigenvalue weighted by molar-refractivity contribution is -0.119. The highest BCUT2D eigenvalue weighted by Crippen LogP contribution is 2.10. The predicted molar refractivity (Wildman–Crippen MR) is 78.1 cm³/mol. The largest absolute Gasteiger partial charge is 0.313 e. The molecule has 20 heavy (non-hydrogen) atoms. The van der Waals surface area contributed by atoms with Crippen molar-refractivity contribution in [2.75, 3.05) is 19.6 Å². The van der Waals surface area contributed by atoms with E-state index in [2.05, 4.69) is 9.89 Å². The number of aryl methyl sites for hydroxylation is 2. The third kappa shape index (κ3) is 2.29. The van der Waals surface area contributed by atoms with Crippen LogP contribution in [0.2, 0.25) is 0 Å². The van der Waals surface area contributed by atoms with Crippen molar-refractivity contribution in [3.63, 3.8) is 0 Å². The molecule has 106 valence electrons. The van der Waals surface area contributed by atoms with Gasteiger partial charge in [0.25, 0.3) is 5.91 Å². The summed E-state index contributed by atoms with van der Waals surface area (Å²) in [5.41, 5.74) is 2.88. The zero-order chi connectivity index (χ0) is 14.1. The van der Waals surface area contributed by atoms with Crippen LogP contribution in [0, 0.1) is 0 Å². The van der Waals surface area contributed by atoms with Gasteiger partial charge in [-0.25, -0.2) is 0 Å². The van der Waals surface area contributed by atoms with E-state index >= 15 is 0 Å². The minimum Gasteiger partial charge on any atom is -0.313 e. The van der Waals surface area contributed by atoms with Crippen LogP contribution in [0.4, 0.5) is 0 Å². The Hall–Kier alpha value is -1.88. The van der Waals surface area contributed by atoms with Crippen molar-refractivity contribution in [2.45, 2.75) is 12.8 Å². The van der Waals surface area contributed by atoms with Crippen molar-refractivity contribution < 1.29 is 4.79 Å². The lowest BCUT2D eigenvalue weighted by atomic mass is 10.3. The maximum atomic E-state index is 12.1. The van der Waals surface area contributed by atoms with Gasteiger partial charge in [0, 0.05) is 14.1 Å². The number of imidazole rings is 1. The van der Waals surface area contributed by atoms with Gasteiger partial charge < -0.3 is 9.13 Å². The number of rotatable bonds is 2. The van der Waals surface area contributed by atoms with E-state index in [-0.39, 0.29) is 5.91 Å². The van der Waals surface area contributed by atoms with E-state index in [0.717, 1.165) is 24.1 Å². The van der Waals surface area contributed by atoms with Crippen molar-refractivity contribution in [1.82, 2.24) is 14.0 Å². The quantitative estimate of drug-likeness (QED) is 0.820. The molecule has 0 aliphatic carbocycles. The van der Waals surface area contributed by atoms with E-state index < -0.39 is 0 Å². The van der Waals surface area contributed by atoms with Crippen LogP contribution in [-0.2, 0) is 18.9 Å². The maximum absolute atomic E-state index is 12.1. The number of aromatic nitrogens is 2. The van der Waals surface area contributed by atoms with Gasteiger partial charge in [-0.3, -0.25) is 9.69 Å². The highest BCUT2D eigenvalue weighted by atomic mass is 16.1. The molecule has 0 saturated carbocycles. The van der Waals surface area contributed by atoms with Gasteiger partial charge in [0.2, 0.25) is 5.62 Å². The Kier molecular flexibility index (Phi) is 3.44. The molecule has 0 bridgehead atoms. The number of carbonyl (C=O) groups is 1. The van der Waals surface area contributed by atoms with Crippen LogP contribution in [0.1, 0.15) is 12.8 Å². The minimum absolute atomic E-state index is 0.0617. The van der Waals surface area contributed by atoms with Crippen LogP contribution in [0.5, 0.6) is 0 Å². The van der Waals surface area contributed by atoms with Gasteiger partial charge in [0.15, 0.2) is 0 Å². The molecule has 2 aromatic rings. The van der Waals surface area contributed by atoms with Gasteiger partial charge in [-0.05, 0) is 38.1 Å². The smallest absolute Gasteiger partial charge is 0.263 e. The predicted octanol–water partition coefficient (Wildman–Crippen LogP) is 1.04. The zero-order valence-electron chi connectivity index (χ0n) is 12.0. The number of para-hydroxylation sites is 2. The summed E-state index contributed by atoms with van der Waals surface area (Å²) in [7, 11) is 3.90. The molecule has 1 aromatic carbocycles. The van der Waals surface area contributed by atoms with E-state index in [9.17, 15) is 4.79 Å². The maximum Gasteiger partial charge on any atom is 0.263 e. The first-order chi connectivity index (χ1) is 9.66. The first-order valence-electron chi connectivity index (χ1n) is 7.07. The first kappa shape index (κ1) is 13.1. The molecule has 1 aliphatic rings. The average Bonchev–Trinajstić information content (AvgIpc) is 3.03. The Labute approximate surface area is 118 Å². The van der Waals surface area contributed by atoms with Gasteiger partial charge in [-0.15, -0.1) is 0 Å². The van der Waals surface area contributed by atoms with Crippen LogP contribution in [0.3, 0.4) is 0 Å². The summed E-state index contributed by atoms with van der Waals surface area (Å²) in [5.74, 6) is -0.0617. The van der Waals surface area contributed by atoms with Crippen LogP contribution in [-0.4, -0.2) is 39.6 Å². The Morgan fingerprint density at radius 2 is 1.65 bits per heavy atom. The summed E-state index contributed by atoms with van der Waals surface area (Å²) in [6.07, 6.45) is 2.38. The molecule has 2 heterocycles. The molecular formula is C15H20N4O. The summed E-state index contributed by atoms with van der Waals surface area (Å²) in [6.45, 7) is 2.46. The highest BCUT2D eigenvalue weighted by Gasteiger charge is 2.15. The highest BCUT2D eigenvalue weighted by molar-refractivity contribution is 5.80. The Bertz CT molecular complexity index is 662. The lowest BCUT2D eigenvalue weighted by Crippen LogP contribution is -2.30. The van der Waals surface area contributed by atoms with Crippen molar-refractivity contribution in [2.24, 2.45) is 19.1 Å². The van der Waals surface area contributed by atoms with Crippen molar-refractivity contribution in [1.29, 1.82) is 0 Å². The Balaban J connectivity index is 1.96. The second-order valence-electron chi connectivity index (χ2n) is 5.40. The van der Waals surface area contributed by atoms with E-state index in [0.29, 0.717) is 12.2 Å². The number of likely N-dealkylation sites (tertiary alicyclic amines) is 1. The van der Waals surface area contributed by atoms with Crippen LogP contribution < -0.4 is 5.62 Å². The molecule has 1 fully saturated rings. The second-order valence-corrected chi connectivity index (χ2v) is 5.40. The van der Waals surface area contributed by atoms with E-state index in [1.165, 1.54) is 12.8 Å². The molecule has 5 nitrogen and oxygen atoms in total. The SMILES string of the molecule is Cn1c(=NC(=O)CN2CCCC2)n(C)c2ccccc21. The fraction of sp³-hybridized carbons (Fsp3) is 0.467. The topological polar surface area (TPSA) is 42.5 Å². The molecule has 1 amide bonds. The second kappa shape index (κ2) is 5.25. The fourth-order valence-electron chi connectivity index (χ4n) is 2.90. The van der Waals surface area contributed by atoms with Crippen molar-refractivity contribution >= 4 is 16.9 Å². The number of benzene rings is 1. The number of amides is 1. The number of hydrogen-bond acceptors (Lipinski definition) is 2. The number of hydrogen-bond donors (Lipinski definition) is 0. The van der Waals surface area contributed by atoms with Crippen molar-refractivity contribution in [3.8, 4) is 0 Å². The normalized spacial score (nSPS) is 15.9. The number of fused-ring (bicyclic) bond motifs is 1. The Morgan fingerprint density at radius 1 is 1.10 bits per heavy atom. The number of nitrogens with zero attached hydrogens (tertiary/aromatic N) is 4.